The van der Waals surface area contributed by atoms with Crippen LogP contribution in [0.1, 0.15) is 38.5 Å². The van der Waals surface area contributed by atoms with E-state index >= 15 is 0 Å². The SMILES string of the molecule is Nc1nnnn1CCCC1CCCC1. The summed E-state index contributed by atoms with van der Waals surface area (Å²) in [4.78, 5) is 0. The molecule has 0 atom stereocenters. The van der Waals surface area contributed by atoms with E-state index in [9.17, 15) is 0 Å². The van der Waals surface area contributed by atoms with E-state index < -0.39 is 0 Å². The van der Waals surface area contributed by atoms with Crippen LogP contribution in [0.15, 0.2) is 0 Å². The minimum absolute atomic E-state index is 0.427. The van der Waals surface area contributed by atoms with Gasteiger partial charge in [-0.15, -0.1) is 0 Å². The molecule has 1 aromatic rings. The largest absolute Gasteiger partial charge is 0.367 e. The molecule has 2 rings (SSSR count). The van der Waals surface area contributed by atoms with Gasteiger partial charge < -0.3 is 5.73 Å². The number of tetrazole rings is 1. The molecular formula is C9H17N5. The van der Waals surface area contributed by atoms with Crippen LogP contribution in [0, 0.1) is 5.92 Å². The Labute approximate surface area is 83.7 Å². The number of nitrogens with zero attached hydrogens (tertiary/aromatic N) is 4. The van der Waals surface area contributed by atoms with E-state index in [0.29, 0.717) is 5.95 Å². The van der Waals surface area contributed by atoms with Crippen molar-refractivity contribution in [3.63, 3.8) is 0 Å². The molecule has 1 aromatic heterocycles. The second-order valence-electron chi connectivity index (χ2n) is 4.05. The maximum atomic E-state index is 5.56. The van der Waals surface area contributed by atoms with Gasteiger partial charge in [0, 0.05) is 6.54 Å². The van der Waals surface area contributed by atoms with Gasteiger partial charge in [-0.05, 0) is 29.2 Å². The molecule has 0 unspecified atom stereocenters. The van der Waals surface area contributed by atoms with Crippen LogP contribution in [-0.4, -0.2) is 20.2 Å². The number of anilines is 1. The van der Waals surface area contributed by atoms with Crippen LogP contribution in [0.25, 0.3) is 0 Å². The summed E-state index contributed by atoms with van der Waals surface area (Å²) in [6.45, 7) is 0.856. The first-order chi connectivity index (χ1) is 6.86. The predicted molar refractivity (Wildman–Crippen MR) is 53.4 cm³/mol. The fourth-order valence-electron chi connectivity index (χ4n) is 2.20. The Bertz CT molecular complexity index is 276. The van der Waals surface area contributed by atoms with Crippen molar-refractivity contribution in [3.05, 3.63) is 0 Å². The molecule has 1 aliphatic rings. The summed E-state index contributed by atoms with van der Waals surface area (Å²) in [5.41, 5.74) is 5.56. The van der Waals surface area contributed by atoms with Crippen molar-refractivity contribution in [2.75, 3.05) is 5.73 Å². The van der Waals surface area contributed by atoms with Gasteiger partial charge in [-0.3, -0.25) is 0 Å². The van der Waals surface area contributed by atoms with Gasteiger partial charge in [0.15, 0.2) is 0 Å². The van der Waals surface area contributed by atoms with Gasteiger partial charge in [0.25, 0.3) is 0 Å². The topological polar surface area (TPSA) is 69.6 Å². The van der Waals surface area contributed by atoms with Gasteiger partial charge in [0.1, 0.15) is 0 Å². The van der Waals surface area contributed by atoms with E-state index in [0.717, 1.165) is 18.9 Å². The minimum Gasteiger partial charge on any atom is -0.367 e. The molecule has 78 valence electrons. The number of hydrogen-bond acceptors (Lipinski definition) is 4. The Hall–Kier alpha value is -1.13. The molecule has 1 aliphatic carbocycles. The predicted octanol–water partition coefficient (Wildman–Crippen LogP) is 1.23. The summed E-state index contributed by atoms with van der Waals surface area (Å²) in [6, 6.07) is 0. The minimum atomic E-state index is 0.427. The third-order valence-corrected chi connectivity index (χ3v) is 3.02. The Kier molecular flexibility index (Phi) is 2.96. The zero-order chi connectivity index (χ0) is 9.80. The molecule has 5 heteroatoms. The fourth-order valence-corrected chi connectivity index (χ4v) is 2.20. The van der Waals surface area contributed by atoms with Gasteiger partial charge in [-0.2, -0.15) is 0 Å². The molecule has 1 saturated carbocycles. The summed E-state index contributed by atoms with van der Waals surface area (Å²) < 4.78 is 1.68. The second kappa shape index (κ2) is 4.39. The van der Waals surface area contributed by atoms with Crippen molar-refractivity contribution in [2.45, 2.75) is 45.1 Å². The number of hydrogen-bond donors (Lipinski definition) is 1. The molecule has 0 aliphatic heterocycles. The zero-order valence-corrected chi connectivity index (χ0v) is 8.39. The Balaban J connectivity index is 1.70. The molecule has 0 aromatic carbocycles. The lowest BCUT2D eigenvalue weighted by molar-refractivity contribution is 0.444. The second-order valence-corrected chi connectivity index (χ2v) is 4.05. The van der Waals surface area contributed by atoms with Gasteiger partial charge in [-0.1, -0.05) is 30.8 Å². The Morgan fingerprint density at radius 2 is 2.14 bits per heavy atom. The van der Waals surface area contributed by atoms with Crippen LogP contribution in [0.5, 0.6) is 0 Å². The van der Waals surface area contributed by atoms with Gasteiger partial charge in [0.05, 0.1) is 0 Å². The van der Waals surface area contributed by atoms with Crippen molar-refractivity contribution in [1.82, 2.24) is 20.2 Å². The number of aromatic nitrogens is 4. The molecule has 2 N–H and O–H groups in total. The summed E-state index contributed by atoms with van der Waals surface area (Å²) in [7, 11) is 0. The molecule has 5 nitrogen and oxygen atoms in total. The standard InChI is InChI=1S/C9H17N5/c10-9-11-12-13-14(9)7-3-6-8-4-1-2-5-8/h8H,1-7H2,(H2,10,11,13). The van der Waals surface area contributed by atoms with Crippen molar-refractivity contribution in [1.29, 1.82) is 0 Å². The van der Waals surface area contributed by atoms with E-state index in [1.54, 1.807) is 4.68 Å². The van der Waals surface area contributed by atoms with E-state index in [-0.39, 0.29) is 0 Å². The van der Waals surface area contributed by atoms with Crippen molar-refractivity contribution >= 4 is 5.95 Å². The number of rotatable bonds is 4. The van der Waals surface area contributed by atoms with Crippen molar-refractivity contribution in [2.24, 2.45) is 5.92 Å². The average Bonchev–Trinajstić information content (AvgIpc) is 2.78. The highest BCUT2D eigenvalue weighted by molar-refractivity contribution is 5.09. The van der Waals surface area contributed by atoms with E-state index in [1.165, 1.54) is 32.1 Å². The maximum Gasteiger partial charge on any atom is 0.240 e. The van der Waals surface area contributed by atoms with Crippen LogP contribution in [0.4, 0.5) is 5.95 Å². The van der Waals surface area contributed by atoms with Crippen LogP contribution in [0.2, 0.25) is 0 Å². The summed E-state index contributed by atoms with van der Waals surface area (Å²) in [6.07, 6.45) is 8.07. The molecule has 0 saturated heterocycles. The molecule has 0 spiro atoms. The highest BCUT2D eigenvalue weighted by atomic mass is 15.6. The van der Waals surface area contributed by atoms with Crippen molar-refractivity contribution < 1.29 is 0 Å². The lowest BCUT2D eigenvalue weighted by atomic mass is 10.0. The summed E-state index contributed by atoms with van der Waals surface area (Å²) in [5, 5.41) is 11.0. The lowest BCUT2D eigenvalue weighted by Gasteiger charge is -2.07. The number of nitrogen functional groups attached to an aromatic ring is 1. The fraction of sp³-hybridized carbons (Fsp3) is 0.889. The number of nitrogens with two attached hydrogens (primary N) is 1. The molecule has 1 heterocycles. The van der Waals surface area contributed by atoms with E-state index in [1.807, 2.05) is 0 Å². The molecular weight excluding hydrogens is 178 g/mol. The van der Waals surface area contributed by atoms with E-state index in [4.69, 9.17) is 5.73 Å². The molecule has 0 bridgehead atoms. The highest BCUT2D eigenvalue weighted by Gasteiger charge is 2.14. The normalized spacial score (nSPS) is 17.7. The lowest BCUT2D eigenvalue weighted by Crippen LogP contribution is -2.06. The smallest absolute Gasteiger partial charge is 0.240 e. The molecule has 1 fully saturated rings. The number of aryl methyl sites for hydroxylation is 1. The van der Waals surface area contributed by atoms with Crippen molar-refractivity contribution in [3.8, 4) is 0 Å². The average molecular weight is 195 g/mol. The van der Waals surface area contributed by atoms with Gasteiger partial charge in [-0.25, -0.2) is 4.68 Å². The van der Waals surface area contributed by atoms with Crippen LogP contribution >= 0.6 is 0 Å². The maximum absolute atomic E-state index is 5.56. The molecule has 0 radical (unpaired) electrons. The van der Waals surface area contributed by atoms with E-state index in [2.05, 4.69) is 15.5 Å². The summed E-state index contributed by atoms with van der Waals surface area (Å²) >= 11 is 0. The highest BCUT2D eigenvalue weighted by Crippen LogP contribution is 2.28. The zero-order valence-electron chi connectivity index (χ0n) is 8.39. The molecule has 0 amide bonds. The Morgan fingerprint density at radius 1 is 1.36 bits per heavy atom. The van der Waals surface area contributed by atoms with Crippen LogP contribution < -0.4 is 5.73 Å². The monoisotopic (exact) mass is 195 g/mol. The first-order valence-corrected chi connectivity index (χ1v) is 5.38. The third-order valence-electron chi connectivity index (χ3n) is 3.02. The summed E-state index contributed by atoms with van der Waals surface area (Å²) in [5.74, 6) is 1.36. The first-order valence-electron chi connectivity index (χ1n) is 5.38. The van der Waals surface area contributed by atoms with Crippen LogP contribution in [-0.2, 0) is 6.54 Å². The Morgan fingerprint density at radius 3 is 2.79 bits per heavy atom. The van der Waals surface area contributed by atoms with Crippen LogP contribution in [0.3, 0.4) is 0 Å². The first kappa shape index (κ1) is 9.43. The molecule has 14 heavy (non-hydrogen) atoms. The van der Waals surface area contributed by atoms with Gasteiger partial charge >= 0.3 is 0 Å². The quantitative estimate of drug-likeness (QED) is 0.784. The van der Waals surface area contributed by atoms with Gasteiger partial charge in [0.2, 0.25) is 5.95 Å². The third kappa shape index (κ3) is 2.21.